The summed E-state index contributed by atoms with van der Waals surface area (Å²) in [6.07, 6.45) is 0. The van der Waals surface area contributed by atoms with Crippen molar-refractivity contribution in [2.75, 3.05) is 11.9 Å². The SMILES string of the molecule is Cc1cc(C(=O)O)cc(N(C)Cc2cccc(F)c2)n1. The Hall–Kier alpha value is -2.43. The van der Waals surface area contributed by atoms with E-state index >= 15 is 0 Å². The molecule has 4 nitrogen and oxygen atoms in total. The van der Waals surface area contributed by atoms with Crippen molar-refractivity contribution in [1.29, 1.82) is 0 Å². The quantitative estimate of drug-likeness (QED) is 0.931. The number of aromatic nitrogens is 1. The second-order valence-electron chi connectivity index (χ2n) is 4.65. The Morgan fingerprint density at radius 1 is 1.35 bits per heavy atom. The molecule has 0 aliphatic rings. The van der Waals surface area contributed by atoms with E-state index in [4.69, 9.17) is 5.11 Å². The van der Waals surface area contributed by atoms with Crippen molar-refractivity contribution in [2.45, 2.75) is 13.5 Å². The summed E-state index contributed by atoms with van der Waals surface area (Å²) >= 11 is 0. The molecule has 0 saturated heterocycles. The van der Waals surface area contributed by atoms with Crippen molar-refractivity contribution >= 4 is 11.8 Å². The van der Waals surface area contributed by atoms with E-state index in [0.29, 0.717) is 18.1 Å². The number of aryl methyl sites for hydroxylation is 1. The molecule has 0 atom stereocenters. The molecular weight excluding hydrogens is 259 g/mol. The number of carboxylic acids is 1. The van der Waals surface area contributed by atoms with Crippen LogP contribution in [0.25, 0.3) is 0 Å². The third kappa shape index (κ3) is 3.32. The van der Waals surface area contributed by atoms with Crippen molar-refractivity contribution < 1.29 is 14.3 Å². The average molecular weight is 274 g/mol. The highest BCUT2D eigenvalue weighted by Crippen LogP contribution is 2.16. The van der Waals surface area contributed by atoms with E-state index in [2.05, 4.69) is 4.98 Å². The molecule has 0 fully saturated rings. The average Bonchev–Trinajstić information content (AvgIpc) is 2.37. The lowest BCUT2D eigenvalue weighted by Gasteiger charge is -2.19. The largest absolute Gasteiger partial charge is 0.478 e. The van der Waals surface area contributed by atoms with Gasteiger partial charge in [0.05, 0.1) is 5.56 Å². The summed E-state index contributed by atoms with van der Waals surface area (Å²) in [6.45, 7) is 2.19. The minimum atomic E-state index is -0.990. The van der Waals surface area contributed by atoms with E-state index in [0.717, 1.165) is 5.56 Å². The number of anilines is 1. The Morgan fingerprint density at radius 2 is 2.10 bits per heavy atom. The first-order valence-corrected chi connectivity index (χ1v) is 6.13. The lowest BCUT2D eigenvalue weighted by molar-refractivity contribution is 0.0696. The number of aromatic carboxylic acids is 1. The second kappa shape index (κ2) is 5.69. The van der Waals surface area contributed by atoms with E-state index in [-0.39, 0.29) is 11.4 Å². The highest BCUT2D eigenvalue weighted by molar-refractivity contribution is 5.88. The van der Waals surface area contributed by atoms with Gasteiger partial charge in [-0.15, -0.1) is 0 Å². The molecule has 20 heavy (non-hydrogen) atoms. The maximum atomic E-state index is 13.1. The molecule has 0 amide bonds. The molecule has 0 unspecified atom stereocenters. The van der Waals surface area contributed by atoms with Gasteiger partial charge in [0.15, 0.2) is 0 Å². The third-order valence-corrected chi connectivity index (χ3v) is 2.89. The van der Waals surface area contributed by atoms with Crippen molar-refractivity contribution in [2.24, 2.45) is 0 Å². The number of carboxylic acid groups (broad SMARTS) is 1. The molecule has 5 heteroatoms. The van der Waals surface area contributed by atoms with Gasteiger partial charge >= 0.3 is 5.97 Å². The van der Waals surface area contributed by atoms with Crippen molar-refractivity contribution in [3.63, 3.8) is 0 Å². The standard InChI is InChI=1S/C15H15FN2O2/c1-10-6-12(15(19)20)8-14(17-10)18(2)9-11-4-3-5-13(16)7-11/h3-8H,9H2,1-2H3,(H,19,20). The van der Waals surface area contributed by atoms with Gasteiger partial charge in [-0.3, -0.25) is 0 Å². The van der Waals surface area contributed by atoms with Gasteiger partial charge in [-0.2, -0.15) is 0 Å². The molecule has 1 aromatic heterocycles. The molecule has 2 rings (SSSR count). The van der Waals surface area contributed by atoms with E-state index in [1.807, 2.05) is 6.07 Å². The van der Waals surface area contributed by atoms with E-state index < -0.39 is 5.97 Å². The zero-order valence-corrected chi connectivity index (χ0v) is 11.3. The van der Waals surface area contributed by atoms with Gasteiger partial charge in [-0.05, 0) is 36.8 Å². The minimum absolute atomic E-state index is 0.193. The molecule has 2 aromatic rings. The smallest absolute Gasteiger partial charge is 0.335 e. The fourth-order valence-corrected chi connectivity index (χ4v) is 1.96. The number of carbonyl (C=O) groups is 1. The third-order valence-electron chi connectivity index (χ3n) is 2.89. The van der Waals surface area contributed by atoms with Gasteiger partial charge in [0.2, 0.25) is 0 Å². The van der Waals surface area contributed by atoms with Gasteiger partial charge in [0.25, 0.3) is 0 Å². The van der Waals surface area contributed by atoms with Crippen LogP contribution in [0.4, 0.5) is 10.2 Å². The van der Waals surface area contributed by atoms with Crippen LogP contribution in [0.1, 0.15) is 21.6 Å². The molecular formula is C15H15FN2O2. The van der Waals surface area contributed by atoms with Crippen LogP contribution in [-0.2, 0) is 6.54 Å². The first-order valence-electron chi connectivity index (χ1n) is 6.13. The normalized spacial score (nSPS) is 10.3. The van der Waals surface area contributed by atoms with Crippen molar-refractivity contribution in [1.82, 2.24) is 4.98 Å². The van der Waals surface area contributed by atoms with Crippen LogP contribution >= 0.6 is 0 Å². The number of nitrogens with zero attached hydrogens (tertiary/aromatic N) is 2. The molecule has 1 aromatic carbocycles. The summed E-state index contributed by atoms with van der Waals surface area (Å²) in [6, 6.07) is 9.32. The summed E-state index contributed by atoms with van der Waals surface area (Å²) in [5.41, 5.74) is 1.62. The maximum Gasteiger partial charge on any atom is 0.335 e. The van der Waals surface area contributed by atoms with E-state index in [1.165, 1.54) is 24.3 Å². The number of hydrogen-bond acceptors (Lipinski definition) is 3. The van der Waals surface area contributed by atoms with Crippen LogP contribution < -0.4 is 4.90 Å². The highest BCUT2D eigenvalue weighted by Gasteiger charge is 2.10. The Bertz CT molecular complexity index is 644. The maximum absolute atomic E-state index is 13.1. The summed E-state index contributed by atoms with van der Waals surface area (Å²) in [4.78, 5) is 17.1. The Balaban J connectivity index is 2.25. The fourth-order valence-electron chi connectivity index (χ4n) is 1.96. The second-order valence-corrected chi connectivity index (χ2v) is 4.65. The monoisotopic (exact) mass is 274 g/mol. The predicted molar refractivity (Wildman–Crippen MR) is 74.4 cm³/mol. The van der Waals surface area contributed by atoms with Crippen LogP contribution in [0.2, 0.25) is 0 Å². The summed E-state index contributed by atoms with van der Waals surface area (Å²) < 4.78 is 13.1. The molecule has 0 radical (unpaired) electrons. The highest BCUT2D eigenvalue weighted by atomic mass is 19.1. The first-order chi connectivity index (χ1) is 9.45. The first kappa shape index (κ1) is 14.0. The van der Waals surface area contributed by atoms with Gasteiger partial charge in [0.1, 0.15) is 11.6 Å². The number of rotatable bonds is 4. The fraction of sp³-hybridized carbons (Fsp3) is 0.200. The summed E-state index contributed by atoms with van der Waals surface area (Å²) in [5.74, 6) is -0.734. The van der Waals surface area contributed by atoms with Crippen LogP contribution in [0, 0.1) is 12.7 Å². The van der Waals surface area contributed by atoms with Crippen molar-refractivity contribution in [3.05, 3.63) is 59.0 Å². The summed E-state index contributed by atoms with van der Waals surface area (Å²) in [5, 5.41) is 9.05. The molecule has 0 bridgehead atoms. The molecule has 0 spiro atoms. The number of benzene rings is 1. The molecule has 1 heterocycles. The van der Waals surface area contributed by atoms with Gasteiger partial charge in [-0.1, -0.05) is 12.1 Å². The van der Waals surface area contributed by atoms with E-state index in [9.17, 15) is 9.18 Å². The van der Waals surface area contributed by atoms with Crippen molar-refractivity contribution in [3.8, 4) is 0 Å². The van der Waals surface area contributed by atoms with Crippen LogP contribution in [-0.4, -0.2) is 23.1 Å². The Labute approximate surface area is 116 Å². The molecule has 1 N–H and O–H groups in total. The lowest BCUT2D eigenvalue weighted by Crippen LogP contribution is -2.18. The number of hydrogen-bond donors (Lipinski definition) is 1. The molecule has 0 saturated carbocycles. The zero-order valence-electron chi connectivity index (χ0n) is 11.3. The van der Waals surface area contributed by atoms with Crippen LogP contribution in [0.3, 0.4) is 0 Å². The lowest BCUT2D eigenvalue weighted by atomic mass is 10.2. The Morgan fingerprint density at radius 3 is 2.75 bits per heavy atom. The number of halogens is 1. The number of pyridine rings is 1. The van der Waals surface area contributed by atoms with Gasteiger partial charge in [-0.25, -0.2) is 14.2 Å². The topological polar surface area (TPSA) is 53.4 Å². The summed E-state index contributed by atoms with van der Waals surface area (Å²) in [7, 11) is 1.79. The van der Waals surface area contributed by atoms with E-state index in [1.54, 1.807) is 24.9 Å². The molecule has 0 aliphatic carbocycles. The Kier molecular flexibility index (Phi) is 3.98. The zero-order chi connectivity index (χ0) is 14.7. The predicted octanol–water partition coefficient (Wildman–Crippen LogP) is 2.86. The molecule has 104 valence electrons. The van der Waals surface area contributed by atoms with Crippen LogP contribution in [0.15, 0.2) is 36.4 Å². The minimum Gasteiger partial charge on any atom is -0.478 e. The molecule has 0 aliphatic heterocycles. The van der Waals surface area contributed by atoms with Gasteiger partial charge in [0, 0.05) is 19.3 Å². The van der Waals surface area contributed by atoms with Gasteiger partial charge < -0.3 is 10.0 Å². The van der Waals surface area contributed by atoms with Crippen LogP contribution in [0.5, 0.6) is 0 Å².